The van der Waals surface area contributed by atoms with E-state index in [9.17, 15) is 9.90 Å². The molecule has 0 radical (unpaired) electrons. The normalized spacial score (nSPS) is 18.2. The van der Waals surface area contributed by atoms with E-state index in [1.54, 1.807) is 4.90 Å². The van der Waals surface area contributed by atoms with Gasteiger partial charge in [-0.2, -0.15) is 0 Å². The Kier molecular flexibility index (Phi) is 11.5. The minimum absolute atomic E-state index is 0. The number of benzene rings is 1. The van der Waals surface area contributed by atoms with E-state index in [2.05, 4.69) is 15.6 Å². The Bertz CT molecular complexity index is 664. The van der Waals surface area contributed by atoms with Crippen LogP contribution in [-0.4, -0.2) is 66.0 Å². The number of nitrogens with zero attached hydrogens (tertiary/aromatic N) is 2. The first-order valence-electron chi connectivity index (χ1n) is 10.5. The van der Waals surface area contributed by atoms with Crippen LogP contribution in [0.4, 0.5) is 4.79 Å². The first-order valence-corrected chi connectivity index (χ1v) is 10.5. The fourth-order valence-corrected chi connectivity index (χ4v) is 3.25. The summed E-state index contributed by atoms with van der Waals surface area (Å²) in [5, 5.41) is 16.9. The van der Waals surface area contributed by atoms with Crippen LogP contribution in [0.15, 0.2) is 35.3 Å². The molecule has 0 aromatic heterocycles. The van der Waals surface area contributed by atoms with Crippen LogP contribution in [0.3, 0.4) is 0 Å². The van der Waals surface area contributed by atoms with Crippen molar-refractivity contribution in [3.05, 3.63) is 35.9 Å². The number of ether oxygens (including phenoxy) is 1. The highest BCUT2D eigenvalue weighted by Gasteiger charge is 2.28. The molecule has 0 saturated carbocycles. The SMILES string of the molecule is CCNC(=NCC(O)Cc1ccccc1)NC1CCCN(C(=O)OC(C)(C)C)C1.I. The quantitative estimate of drug-likeness (QED) is 0.298. The average molecular weight is 532 g/mol. The van der Waals surface area contributed by atoms with Gasteiger partial charge in [-0.1, -0.05) is 30.3 Å². The molecule has 1 amide bonds. The number of carbonyl (C=O) groups excluding carboxylic acids is 1. The van der Waals surface area contributed by atoms with Gasteiger partial charge in [-0.05, 0) is 46.1 Å². The Hall–Kier alpha value is -1.55. The van der Waals surface area contributed by atoms with Crippen molar-refractivity contribution >= 4 is 36.0 Å². The van der Waals surface area contributed by atoms with Crippen LogP contribution in [0, 0.1) is 0 Å². The lowest BCUT2D eigenvalue weighted by Crippen LogP contribution is -2.53. The lowest BCUT2D eigenvalue weighted by molar-refractivity contribution is 0.0193. The first-order chi connectivity index (χ1) is 13.8. The first kappa shape index (κ1) is 26.5. The van der Waals surface area contributed by atoms with Crippen molar-refractivity contribution in [2.24, 2.45) is 4.99 Å². The number of rotatable bonds is 6. The number of guanidine groups is 1. The van der Waals surface area contributed by atoms with Crippen molar-refractivity contribution in [3.63, 3.8) is 0 Å². The molecule has 7 nitrogen and oxygen atoms in total. The van der Waals surface area contributed by atoms with E-state index >= 15 is 0 Å². The van der Waals surface area contributed by atoms with E-state index in [-0.39, 0.29) is 36.1 Å². The summed E-state index contributed by atoms with van der Waals surface area (Å²) in [4.78, 5) is 18.6. The molecule has 8 heteroatoms. The molecule has 2 unspecified atom stereocenters. The predicted octanol–water partition coefficient (Wildman–Crippen LogP) is 3.16. The minimum Gasteiger partial charge on any atom is -0.444 e. The van der Waals surface area contributed by atoms with Gasteiger partial charge in [0.1, 0.15) is 5.60 Å². The maximum Gasteiger partial charge on any atom is 0.410 e. The van der Waals surface area contributed by atoms with Crippen LogP contribution in [0.1, 0.15) is 46.1 Å². The van der Waals surface area contributed by atoms with E-state index in [0.717, 1.165) is 24.9 Å². The van der Waals surface area contributed by atoms with Crippen molar-refractivity contribution in [1.29, 1.82) is 0 Å². The molecule has 2 rings (SSSR count). The molecule has 1 saturated heterocycles. The highest BCUT2D eigenvalue weighted by Crippen LogP contribution is 2.15. The molecule has 0 aliphatic carbocycles. The summed E-state index contributed by atoms with van der Waals surface area (Å²) in [6.07, 6.45) is 1.62. The monoisotopic (exact) mass is 532 g/mol. The molecule has 1 aliphatic rings. The lowest BCUT2D eigenvalue weighted by Gasteiger charge is -2.35. The van der Waals surface area contributed by atoms with Crippen molar-refractivity contribution in [2.75, 3.05) is 26.2 Å². The Morgan fingerprint density at radius 2 is 2.03 bits per heavy atom. The van der Waals surface area contributed by atoms with Gasteiger partial charge in [0.15, 0.2) is 5.96 Å². The molecular weight excluding hydrogens is 495 g/mol. The van der Waals surface area contributed by atoms with Crippen LogP contribution in [0.25, 0.3) is 0 Å². The maximum atomic E-state index is 12.4. The largest absolute Gasteiger partial charge is 0.444 e. The fourth-order valence-electron chi connectivity index (χ4n) is 3.25. The standard InChI is InChI=1S/C22H36N4O3.HI/c1-5-23-20(24-15-19(27)14-17-10-7-6-8-11-17)25-18-12-9-13-26(16-18)21(28)29-22(2,3)4;/h6-8,10-11,18-19,27H,5,9,12-16H2,1-4H3,(H2,23,24,25);1H. The van der Waals surface area contributed by atoms with E-state index in [4.69, 9.17) is 4.74 Å². The van der Waals surface area contributed by atoms with E-state index in [1.165, 1.54) is 0 Å². The third-order valence-corrected chi connectivity index (χ3v) is 4.53. The van der Waals surface area contributed by atoms with Gasteiger partial charge in [-0.3, -0.25) is 4.99 Å². The molecule has 0 spiro atoms. The topological polar surface area (TPSA) is 86.2 Å². The second-order valence-corrected chi connectivity index (χ2v) is 8.47. The number of aliphatic hydroxyl groups excluding tert-OH is 1. The van der Waals surface area contributed by atoms with Crippen LogP contribution in [0.2, 0.25) is 0 Å². The molecule has 2 atom stereocenters. The number of piperidine rings is 1. The highest BCUT2D eigenvalue weighted by atomic mass is 127. The summed E-state index contributed by atoms with van der Waals surface area (Å²) < 4.78 is 5.49. The molecule has 3 N–H and O–H groups in total. The van der Waals surface area contributed by atoms with Gasteiger partial charge in [-0.15, -0.1) is 24.0 Å². The Morgan fingerprint density at radius 3 is 2.67 bits per heavy atom. The molecule has 1 aliphatic heterocycles. The lowest BCUT2D eigenvalue weighted by atomic mass is 10.1. The third-order valence-electron chi connectivity index (χ3n) is 4.53. The second-order valence-electron chi connectivity index (χ2n) is 8.47. The van der Waals surface area contributed by atoms with Crippen molar-refractivity contribution in [1.82, 2.24) is 15.5 Å². The van der Waals surface area contributed by atoms with Gasteiger partial charge in [0.05, 0.1) is 12.6 Å². The van der Waals surface area contributed by atoms with Gasteiger partial charge in [0.2, 0.25) is 0 Å². The summed E-state index contributed by atoms with van der Waals surface area (Å²) in [6.45, 7) is 9.95. The zero-order chi connectivity index (χ0) is 21.3. The molecule has 30 heavy (non-hydrogen) atoms. The number of aliphatic imine (C=N–C) groups is 1. The maximum absolute atomic E-state index is 12.4. The summed E-state index contributed by atoms with van der Waals surface area (Å²) in [7, 11) is 0. The fraction of sp³-hybridized carbons (Fsp3) is 0.636. The van der Waals surface area contributed by atoms with Crippen LogP contribution >= 0.6 is 24.0 Å². The number of likely N-dealkylation sites (tertiary alicyclic amines) is 1. The van der Waals surface area contributed by atoms with E-state index < -0.39 is 11.7 Å². The highest BCUT2D eigenvalue weighted by molar-refractivity contribution is 14.0. The summed E-state index contributed by atoms with van der Waals surface area (Å²) in [6, 6.07) is 10.0. The summed E-state index contributed by atoms with van der Waals surface area (Å²) >= 11 is 0. The van der Waals surface area contributed by atoms with Gasteiger partial charge >= 0.3 is 6.09 Å². The zero-order valence-corrected chi connectivity index (χ0v) is 20.9. The van der Waals surface area contributed by atoms with Gasteiger partial charge < -0.3 is 25.4 Å². The molecule has 1 aromatic rings. The molecule has 0 bridgehead atoms. The molecular formula is C22H37IN4O3. The second kappa shape index (κ2) is 13.0. The average Bonchev–Trinajstić information content (AvgIpc) is 2.66. The number of nitrogens with one attached hydrogen (secondary N) is 2. The number of hydrogen-bond donors (Lipinski definition) is 3. The Labute approximate surface area is 197 Å². The van der Waals surface area contributed by atoms with Gasteiger partial charge in [0, 0.05) is 32.1 Å². The number of hydrogen-bond acceptors (Lipinski definition) is 4. The Morgan fingerprint density at radius 1 is 1.33 bits per heavy atom. The smallest absolute Gasteiger partial charge is 0.410 e. The van der Waals surface area contributed by atoms with Crippen LogP contribution in [-0.2, 0) is 11.2 Å². The van der Waals surface area contributed by atoms with Crippen LogP contribution < -0.4 is 10.6 Å². The number of amides is 1. The van der Waals surface area contributed by atoms with Crippen molar-refractivity contribution < 1.29 is 14.6 Å². The van der Waals surface area contributed by atoms with Gasteiger partial charge in [0.25, 0.3) is 0 Å². The molecule has 1 fully saturated rings. The molecule has 1 aromatic carbocycles. The predicted molar refractivity (Wildman–Crippen MR) is 132 cm³/mol. The van der Waals surface area contributed by atoms with Gasteiger partial charge in [-0.25, -0.2) is 4.79 Å². The number of aliphatic hydroxyl groups is 1. The summed E-state index contributed by atoms with van der Waals surface area (Å²) in [5.74, 6) is 0.663. The van der Waals surface area contributed by atoms with Crippen LogP contribution in [0.5, 0.6) is 0 Å². The number of carbonyl (C=O) groups is 1. The zero-order valence-electron chi connectivity index (χ0n) is 18.6. The van der Waals surface area contributed by atoms with Crippen molar-refractivity contribution in [3.8, 4) is 0 Å². The Balaban J connectivity index is 0.00000450. The molecule has 170 valence electrons. The third kappa shape index (κ3) is 9.97. The van der Waals surface area contributed by atoms with E-state index in [1.807, 2.05) is 58.0 Å². The summed E-state index contributed by atoms with van der Waals surface area (Å²) in [5.41, 5.74) is 0.594. The van der Waals surface area contributed by atoms with Crippen molar-refractivity contribution in [2.45, 2.75) is 64.7 Å². The number of halogens is 1. The molecule has 1 heterocycles. The minimum atomic E-state index is -0.544. The van der Waals surface area contributed by atoms with E-state index in [0.29, 0.717) is 32.0 Å².